The summed E-state index contributed by atoms with van der Waals surface area (Å²) in [6, 6.07) is 0. The van der Waals surface area contributed by atoms with E-state index < -0.39 is 16.9 Å². The van der Waals surface area contributed by atoms with Crippen molar-refractivity contribution in [1.29, 1.82) is 0 Å². The van der Waals surface area contributed by atoms with Crippen LogP contribution in [-0.4, -0.2) is 40.5 Å². The monoisotopic (exact) mass is 282 g/mol. The lowest BCUT2D eigenvalue weighted by molar-refractivity contribution is -0.149. The van der Waals surface area contributed by atoms with Crippen molar-refractivity contribution < 1.29 is 14.7 Å². The van der Waals surface area contributed by atoms with E-state index in [1.165, 1.54) is 0 Å². The van der Waals surface area contributed by atoms with Crippen molar-refractivity contribution >= 4 is 11.9 Å². The van der Waals surface area contributed by atoms with Gasteiger partial charge in [0.25, 0.3) is 0 Å². The van der Waals surface area contributed by atoms with Crippen LogP contribution in [0.5, 0.6) is 0 Å². The molecule has 0 spiro atoms. The van der Waals surface area contributed by atoms with Gasteiger partial charge in [0.05, 0.1) is 11.0 Å². The molecule has 0 bridgehead atoms. The van der Waals surface area contributed by atoms with Gasteiger partial charge in [-0.2, -0.15) is 0 Å². The number of carbonyl (C=O) groups is 2. The number of likely N-dealkylation sites (tertiary alicyclic amines) is 1. The summed E-state index contributed by atoms with van der Waals surface area (Å²) in [5, 5.41) is 9.41. The molecule has 1 aliphatic heterocycles. The van der Waals surface area contributed by atoms with Crippen molar-refractivity contribution in [2.75, 3.05) is 13.1 Å². The number of aliphatic carboxylic acids is 1. The summed E-state index contributed by atoms with van der Waals surface area (Å²) in [5.41, 5.74) is 4.79. The van der Waals surface area contributed by atoms with E-state index in [0.29, 0.717) is 38.3 Å². The third kappa shape index (κ3) is 2.55. The highest BCUT2D eigenvalue weighted by Crippen LogP contribution is 2.38. The van der Waals surface area contributed by atoms with Crippen LogP contribution in [0.15, 0.2) is 0 Å². The van der Waals surface area contributed by atoms with Crippen LogP contribution in [0.2, 0.25) is 0 Å². The minimum absolute atomic E-state index is 0.0411. The van der Waals surface area contributed by atoms with Crippen molar-refractivity contribution in [3.8, 4) is 0 Å². The zero-order valence-corrected chi connectivity index (χ0v) is 12.5. The fraction of sp³-hybridized carbons (Fsp3) is 0.867. The Hall–Kier alpha value is -1.10. The Morgan fingerprint density at radius 2 is 2.10 bits per heavy atom. The van der Waals surface area contributed by atoms with Gasteiger partial charge < -0.3 is 15.7 Å². The first-order chi connectivity index (χ1) is 9.33. The molecule has 3 N–H and O–H groups in total. The molecule has 1 heterocycles. The van der Waals surface area contributed by atoms with Gasteiger partial charge >= 0.3 is 5.97 Å². The maximum atomic E-state index is 12.7. The van der Waals surface area contributed by atoms with Crippen LogP contribution >= 0.6 is 0 Å². The molecule has 3 atom stereocenters. The smallest absolute Gasteiger partial charge is 0.311 e. The molecule has 1 aliphatic carbocycles. The minimum atomic E-state index is -0.793. The number of carbonyl (C=O) groups excluding carboxylic acids is 1. The van der Waals surface area contributed by atoms with E-state index in [1.807, 2.05) is 6.92 Å². The molecule has 0 aromatic rings. The molecule has 5 heteroatoms. The van der Waals surface area contributed by atoms with E-state index in [9.17, 15) is 14.7 Å². The first-order valence-corrected chi connectivity index (χ1v) is 7.65. The zero-order chi connectivity index (χ0) is 15.0. The Labute approximate surface area is 120 Å². The van der Waals surface area contributed by atoms with E-state index >= 15 is 0 Å². The predicted molar refractivity (Wildman–Crippen MR) is 76.1 cm³/mol. The number of amides is 1. The Morgan fingerprint density at radius 3 is 2.60 bits per heavy atom. The van der Waals surface area contributed by atoms with Gasteiger partial charge in [-0.15, -0.1) is 0 Å². The zero-order valence-electron chi connectivity index (χ0n) is 12.5. The molecule has 2 rings (SSSR count). The van der Waals surface area contributed by atoms with Gasteiger partial charge in [0.15, 0.2) is 0 Å². The molecule has 1 saturated heterocycles. The van der Waals surface area contributed by atoms with Crippen LogP contribution in [0.4, 0.5) is 0 Å². The highest BCUT2D eigenvalue weighted by Gasteiger charge is 2.49. The molecule has 0 aromatic carbocycles. The van der Waals surface area contributed by atoms with Crippen LogP contribution in [0.1, 0.15) is 52.4 Å². The lowest BCUT2D eigenvalue weighted by Crippen LogP contribution is -2.57. The molecule has 1 saturated carbocycles. The van der Waals surface area contributed by atoms with Gasteiger partial charge in [-0.05, 0) is 31.6 Å². The Morgan fingerprint density at radius 1 is 1.40 bits per heavy atom. The largest absolute Gasteiger partial charge is 0.481 e. The SMILES string of the molecule is CCC1(C(=O)O)CCN(C(=O)C2(N)CCCC(C)C2)C1. The molecule has 0 aromatic heterocycles. The summed E-state index contributed by atoms with van der Waals surface area (Å²) in [6.07, 6.45) is 4.64. The summed E-state index contributed by atoms with van der Waals surface area (Å²) in [7, 11) is 0. The molecule has 114 valence electrons. The average Bonchev–Trinajstić information content (AvgIpc) is 2.83. The Kier molecular flexibility index (Phi) is 4.09. The second-order valence-electron chi connectivity index (χ2n) is 6.77. The van der Waals surface area contributed by atoms with Crippen LogP contribution in [0.3, 0.4) is 0 Å². The first kappa shape index (κ1) is 15.3. The molecule has 1 amide bonds. The van der Waals surface area contributed by atoms with Gasteiger partial charge in [-0.3, -0.25) is 9.59 Å². The number of carboxylic acid groups (broad SMARTS) is 1. The number of hydrogen-bond donors (Lipinski definition) is 2. The van der Waals surface area contributed by atoms with Crippen LogP contribution in [0, 0.1) is 11.3 Å². The molecule has 0 radical (unpaired) electrons. The van der Waals surface area contributed by atoms with E-state index in [0.717, 1.165) is 19.3 Å². The molecule has 20 heavy (non-hydrogen) atoms. The van der Waals surface area contributed by atoms with E-state index in [-0.39, 0.29) is 5.91 Å². The van der Waals surface area contributed by atoms with Gasteiger partial charge in [-0.25, -0.2) is 0 Å². The maximum absolute atomic E-state index is 12.7. The predicted octanol–water partition coefficient (Wildman–Crippen LogP) is 1.61. The van der Waals surface area contributed by atoms with Gasteiger partial charge in [0.2, 0.25) is 5.91 Å². The van der Waals surface area contributed by atoms with Crippen LogP contribution in [-0.2, 0) is 9.59 Å². The fourth-order valence-electron chi connectivity index (χ4n) is 3.76. The number of nitrogens with two attached hydrogens (primary N) is 1. The fourth-order valence-corrected chi connectivity index (χ4v) is 3.76. The number of carboxylic acids is 1. The molecular formula is C15H26N2O3. The van der Waals surface area contributed by atoms with Crippen LogP contribution < -0.4 is 5.73 Å². The van der Waals surface area contributed by atoms with Crippen molar-refractivity contribution in [3.63, 3.8) is 0 Å². The number of nitrogens with zero attached hydrogens (tertiary/aromatic N) is 1. The third-order valence-electron chi connectivity index (χ3n) is 5.23. The summed E-state index contributed by atoms with van der Waals surface area (Å²) >= 11 is 0. The van der Waals surface area contributed by atoms with E-state index in [2.05, 4.69) is 6.92 Å². The van der Waals surface area contributed by atoms with E-state index in [1.54, 1.807) is 4.90 Å². The molecule has 2 fully saturated rings. The lowest BCUT2D eigenvalue weighted by atomic mass is 9.76. The highest BCUT2D eigenvalue weighted by molar-refractivity contribution is 5.88. The number of rotatable bonds is 3. The van der Waals surface area contributed by atoms with Crippen LogP contribution in [0.25, 0.3) is 0 Å². The molecule has 5 nitrogen and oxygen atoms in total. The van der Waals surface area contributed by atoms with Gasteiger partial charge in [0.1, 0.15) is 0 Å². The van der Waals surface area contributed by atoms with Crippen molar-refractivity contribution in [2.24, 2.45) is 17.1 Å². The Balaban J connectivity index is 2.09. The van der Waals surface area contributed by atoms with E-state index in [4.69, 9.17) is 5.73 Å². The average molecular weight is 282 g/mol. The second-order valence-corrected chi connectivity index (χ2v) is 6.77. The normalized spacial score (nSPS) is 38.0. The third-order valence-corrected chi connectivity index (χ3v) is 5.23. The molecular weight excluding hydrogens is 256 g/mol. The minimum Gasteiger partial charge on any atom is -0.481 e. The standard InChI is InChI=1S/C15H26N2O3/c1-3-14(13(19)20)7-8-17(10-14)12(18)15(16)6-4-5-11(2)9-15/h11H,3-10,16H2,1-2H3,(H,19,20). The highest BCUT2D eigenvalue weighted by atomic mass is 16.4. The second kappa shape index (κ2) is 5.35. The summed E-state index contributed by atoms with van der Waals surface area (Å²) in [4.78, 5) is 25.9. The topological polar surface area (TPSA) is 83.6 Å². The Bertz CT molecular complexity index is 412. The lowest BCUT2D eigenvalue weighted by Gasteiger charge is -2.38. The summed E-state index contributed by atoms with van der Waals surface area (Å²) < 4.78 is 0. The quantitative estimate of drug-likeness (QED) is 0.823. The number of hydrogen-bond acceptors (Lipinski definition) is 3. The summed E-state index contributed by atoms with van der Waals surface area (Å²) in [6.45, 7) is 4.84. The molecule has 2 aliphatic rings. The van der Waals surface area contributed by atoms with Crippen molar-refractivity contribution in [1.82, 2.24) is 4.90 Å². The maximum Gasteiger partial charge on any atom is 0.311 e. The first-order valence-electron chi connectivity index (χ1n) is 7.65. The summed E-state index contributed by atoms with van der Waals surface area (Å²) in [5.74, 6) is -0.366. The van der Waals surface area contributed by atoms with Crippen molar-refractivity contribution in [2.45, 2.75) is 57.9 Å². The van der Waals surface area contributed by atoms with Gasteiger partial charge in [-0.1, -0.05) is 26.7 Å². The van der Waals surface area contributed by atoms with Gasteiger partial charge in [0, 0.05) is 13.1 Å². The van der Waals surface area contributed by atoms with Crippen molar-refractivity contribution in [3.05, 3.63) is 0 Å². The molecule has 3 unspecified atom stereocenters.